The lowest BCUT2D eigenvalue weighted by atomic mass is 10.1. The summed E-state index contributed by atoms with van der Waals surface area (Å²) in [6.07, 6.45) is 3.63. The van der Waals surface area contributed by atoms with Gasteiger partial charge in [0.15, 0.2) is 0 Å². The third kappa shape index (κ3) is 3.27. The van der Waals surface area contributed by atoms with Crippen LogP contribution in [0.3, 0.4) is 0 Å². The van der Waals surface area contributed by atoms with Gasteiger partial charge in [-0.1, -0.05) is 12.8 Å². The molecular weight excluding hydrogens is 289 g/mol. The Morgan fingerprint density at radius 2 is 1.89 bits per heavy atom. The fourth-order valence-electron chi connectivity index (χ4n) is 2.36. The van der Waals surface area contributed by atoms with E-state index in [1.54, 1.807) is 0 Å². The van der Waals surface area contributed by atoms with Crippen molar-refractivity contribution in [2.75, 3.05) is 12.4 Å². The zero-order chi connectivity index (χ0) is 13.9. The summed E-state index contributed by atoms with van der Waals surface area (Å²) in [5.41, 5.74) is 0. The van der Waals surface area contributed by atoms with E-state index in [1.165, 1.54) is 28.6 Å². The highest BCUT2D eigenvalue weighted by atomic mass is 35.5. The molecule has 1 fully saturated rings. The van der Waals surface area contributed by atoms with Crippen LogP contribution >= 0.6 is 11.6 Å². The summed E-state index contributed by atoms with van der Waals surface area (Å²) in [6.45, 7) is 0.483. The number of halogens is 2. The highest BCUT2D eigenvalue weighted by Gasteiger charge is 2.31. The quantitative estimate of drug-likeness (QED) is 0.805. The van der Waals surface area contributed by atoms with E-state index in [1.807, 2.05) is 0 Å². The molecule has 2 rings (SSSR count). The normalized spacial score (nSPS) is 22.1. The van der Waals surface area contributed by atoms with Gasteiger partial charge in [0.1, 0.15) is 5.82 Å². The first kappa shape index (κ1) is 14.8. The van der Waals surface area contributed by atoms with Crippen LogP contribution in [0.4, 0.5) is 4.39 Å². The number of nitrogens with zero attached hydrogens (tertiary/aromatic N) is 1. The minimum Gasteiger partial charge on any atom is -0.207 e. The fourth-order valence-corrected chi connectivity index (χ4v) is 4.46. The van der Waals surface area contributed by atoms with E-state index in [0.29, 0.717) is 12.4 Å². The molecule has 1 aliphatic rings. The third-order valence-corrected chi connectivity index (χ3v) is 5.74. The van der Waals surface area contributed by atoms with Crippen molar-refractivity contribution in [2.45, 2.75) is 36.6 Å². The molecule has 106 valence electrons. The lowest BCUT2D eigenvalue weighted by Gasteiger charge is -2.27. The van der Waals surface area contributed by atoms with Crippen molar-refractivity contribution >= 4 is 21.6 Å². The van der Waals surface area contributed by atoms with Crippen LogP contribution in [-0.2, 0) is 10.0 Å². The standard InChI is InChI=1S/C13H17ClFNO2S/c14-10-12-4-2-1-3-9-16(12)19(17,18)13-7-5-11(15)6-8-13/h5-8,12H,1-4,9-10H2. The van der Waals surface area contributed by atoms with Gasteiger partial charge in [-0.05, 0) is 37.1 Å². The van der Waals surface area contributed by atoms with E-state index in [4.69, 9.17) is 11.6 Å². The summed E-state index contributed by atoms with van der Waals surface area (Å²) in [7, 11) is -3.58. The zero-order valence-corrected chi connectivity index (χ0v) is 12.1. The Morgan fingerprint density at radius 1 is 1.21 bits per heavy atom. The lowest BCUT2D eigenvalue weighted by molar-refractivity contribution is 0.345. The number of rotatable bonds is 3. The van der Waals surface area contributed by atoms with Crippen LogP contribution in [-0.4, -0.2) is 31.2 Å². The van der Waals surface area contributed by atoms with Crippen molar-refractivity contribution in [3.8, 4) is 0 Å². The molecule has 1 atom stereocenters. The average Bonchev–Trinajstić information content (AvgIpc) is 2.64. The lowest BCUT2D eigenvalue weighted by Crippen LogP contribution is -2.41. The van der Waals surface area contributed by atoms with E-state index >= 15 is 0 Å². The van der Waals surface area contributed by atoms with Crippen molar-refractivity contribution in [1.29, 1.82) is 0 Å². The Bertz CT molecular complexity index is 518. The predicted molar refractivity (Wildman–Crippen MR) is 73.3 cm³/mol. The van der Waals surface area contributed by atoms with Crippen molar-refractivity contribution in [3.63, 3.8) is 0 Å². The molecule has 0 aromatic heterocycles. The molecule has 1 saturated heterocycles. The molecular formula is C13H17ClFNO2S. The van der Waals surface area contributed by atoms with Crippen LogP contribution in [0.1, 0.15) is 25.7 Å². The Hall–Kier alpha value is -0.650. The molecule has 19 heavy (non-hydrogen) atoms. The van der Waals surface area contributed by atoms with Gasteiger partial charge < -0.3 is 0 Å². The first-order valence-corrected chi connectivity index (χ1v) is 8.36. The molecule has 0 radical (unpaired) electrons. The van der Waals surface area contributed by atoms with Crippen LogP contribution in [0.5, 0.6) is 0 Å². The van der Waals surface area contributed by atoms with Crippen molar-refractivity contribution < 1.29 is 12.8 Å². The van der Waals surface area contributed by atoms with Gasteiger partial charge in [-0.25, -0.2) is 12.8 Å². The van der Waals surface area contributed by atoms with E-state index in [-0.39, 0.29) is 10.9 Å². The highest BCUT2D eigenvalue weighted by Crippen LogP contribution is 2.25. The maximum absolute atomic E-state index is 12.9. The molecule has 1 aromatic carbocycles. The molecule has 0 N–H and O–H groups in total. The summed E-state index contributed by atoms with van der Waals surface area (Å²) in [5, 5.41) is 0. The van der Waals surface area contributed by atoms with E-state index in [0.717, 1.165) is 25.7 Å². The zero-order valence-electron chi connectivity index (χ0n) is 10.6. The van der Waals surface area contributed by atoms with Crippen LogP contribution in [0.15, 0.2) is 29.2 Å². The summed E-state index contributed by atoms with van der Waals surface area (Å²) >= 11 is 5.90. The first-order chi connectivity index (χ1) is 9.05. The maximum atomic E-state index is 12.9. The van der Waals surface area contributed by atoms with Gasteiger partial charge in [0.25, 0.3) is 0 Å². The molecule has 0 amide bonds. The summed E-state index contributed by atoms with van der Waals surface area (Å²) in [5.74, 6) is -0.149. The van der Waals surface area contributed by atoms with Gasteiger partial charge in [-0.15, -0.1) is 11.6 Å². The Balaban J connectivity index is 2.33. The van der Waals surface area contributed by atoms with Crippen LogP contribution in [0.2, 0.25) is 0 Å². The molecule has 6 heteroatoms. The number of hydrogen-bond donors (Lipinski definition) is 0. The maximum Gasteiger partial charge on any atom is 0.243 e. The number of alkyl halides is 1. The number of sulfonamides is 1. The monoisotopic (exact) mass is 305 g/mol. The van der Waals surface area contributed by atoms with Crippen LogP contribution < -0.4 is 0 Å². The molecule has 3 nitrogen and oxygen atoms in total. The molecule has 0 saturated carbocycles. The Labute approximate surface area is 118 Å². The van der Waals surface area contributed by atoms with E-state index in [9.17, 15) is 12.8 Å². The molecule has 1 aromatic rings. The fraction of sp³-hybridized carbons (Fsp3) is 0.538. The number of hydrogen-bond acceptors (Lipinski definition) is 2. The first-order valence-electron chi connectivity index (χ1n) is 6.39. The van der Waals surface area contributed by atoms with Gasteiger partial charge in [0.2, 0.25) is 10.0 Å². The van der Waals surface area contributed by atoms with Crippen molar-refractivity contribution in [1.82, 2.24) is 4.31 Å². The van der Waals surface area contributed by atoms with Crippen molar-refractivity contribution in [2.24, 2.45) is 0 Å². The van der Waals surface area contributed by atoms with Crippen LogP contribution in [0, 0.1) is 5.82 Å². The summed E-state index contributed by atoms with van der Waals surface area (Å²) in [4.78, 5) is 0.130. The van der Waals surface area contributed by atoms with Crippen LogP contribution in [0.25, 0.3) is 0 Å². The van der Waals surface area contributed by atoms with Gasteiger partial charge >= 0.3 is 0 Å². The molecule has 1 heterocycles. The molecule has 1 unspecified atom stereocenters. The molecule has 0 aliphatic carbocycles. The van der Waals surface area contributed by atoms with Gasteiger partial charge in [-0.2, -0.15) is 4.31 Å². The van der Waals surface area contributed by atoms with Crippen molar-refractivity contribution in [3.05, 3.63) is 30.1 Å². The average molecular weight is 306 g/mol. The van der Waals surface area contributed by atoms with Gasteiger partial charge in [0, 0.05) is 18.5 Å². The summed E-state index contributed by atoms with van der Waals surface area (Å²) in [6, 6.07) is 4.78. The number of benzene rings is 1. The SMILES string of the molecule is O=S(=O)(c1ccc(F)cc1)N1CCCCCC1CCl. The Morgan fingerprint density at radius 3 is 2.53 bits per heavy atom. The topological polar surface area (TPSA) is 37.4 Å². The smallest absolute Gasteiger partial charge is 0.207 e. The highest BCUT2D eigenvalue weighted by molar-refractivity contribution is 7.89. The van der Waals surface area contributed by atoms with E-state index < -0.39 is 15.8 Å². The third-order valence-electron chi connectivity index (χ3n) is 3.42. The van der Waals surface area contributed by atoms with Gasteiger partial charge in [0.05, 0.1) is 4.90 Å². The minimum absolute atomic E-state index is 0.130. The minimum atomic E-state index is -3.58. The second kappa shape index (κ2) is 6.20. The second-order valence-corrected chi connectivity index (χ2v) is 6.93. The largest absolute Gasteiger partial charge is 0.243 e. The van der Waals surface area contributed by atoms with E-state index in [2.05, 4.69) is 0 Å². The molecule has 0 bridgehead atoms. The second-order valence-electron chi connectivity index (χ2n) is 4.73. The molecule has 1 aliphatic heterocycles. The summed E-state index contributed by atoms with van der Waals surface area (Å²) < 4.78 is 39.5. The van der Waals surface area contributed by atoms with Gasteiger partial charge in [-0.3, -0.25) is 0 Å². The molecule has 0 spiro atoms. The Kier molecular flexibility index (Phi) is 4.81. The predicted octanol–water partition coefficient (Wildman–Crippen LogP) is 3.00.